The summed E-state index contributed by atoms with van der Waals surface area (Å²) >= 11 is 0. The number of fused-ring (bicyclic) bond motifs is 2. The Morgan fingerprint density at radius 3 is 2.67 bits per heavy atom. The van der Waals surface area contributed by atoms with Crippen LogP contribution in [0.5, 0.6) is 0 Å². The zero-order chi connectivity index (χ0) is 18.6. The van der Waals surface area contributed by atoms with Gasteiger partial charge in [-0.2, -0.15) is 0 Å². The van der Waals surface area contributed by atoms with Crippen LogP contribution in [0.1, 0.15) is 0 Å². The quantitative estimate of drug-likeness (QED) is 0.553. The summed E-state index contributed by atoms with van der Waals surface area (Å²) in [5.41, 5.74) is 2.10. The number of ether oxygens (including phenoxy) is 1. The molecule has 27 heavy (non-hydrogen) atoms. The van der Waals surface area contributed by atoms with Gasteiger partial charge in [0.25, 0.3) is 5.91 Å². The summed E-state index contributed by atoms with van der Waals surface area (Å²) in [4.78, 5) is 24.2. The average Bonchev–Trinajstić information content (AvgIpc) is 3.10. The number of carbonyl (C=O) groups excluding carboxylic acids is 2. The molecule has 134 valence electrons. The third-order valence-electron chi connectivity index (χ3n) is 4.13. The molecule has 3 aromatic carbocycles. The average molecular weight is 360 g/mol. The highest BCUT2D eigenvalue weighted by Gasteiger charge is 2.12. The molecule has 1 heterocycles. The van der Waals surface area contributed by atoms with E-state index in [-0.39, 0.29) is 13.2 Å². The number of esters is 1. The molecule has 0 fully saturated rings. The monoisotopic (exact) mass is 360 g/mol. The Morgan fingerprint density at radius 2 is 1.74 bits per heavy atom. The van der Waals surface area contributed by atoms with Gasteiger partial charge in [0.2, 0.25) is 0 Å². The predicted octanol–water partition coefficient (Wildman–Crippen LogP) is 2.77. The van der Waals surface area contributed by atoms with Crippen molar-refractivity contribution in [2.45, 2.75) is 6.54 Å². The van der Waals surface area contributed by atoms with Gasteiger partial charge in [0, 0.05) is 11.1 Å². The van der Waals surface area contributed by atoms with Crippen LogP contribution in [0.15, 0.2) is 66.7 Å². The number of hydrogen-bond acceptors (Lipinski definition) is 5. The van der Waals surface area contributed by atoms with Crippen molar-refractivity contribution in [3.63, 3.8) is 0 Å². The van der Waals surface area contributed by atoms with Gasteiger partial charge in [-0.25, -0.2) is 4.68 Å². The molecular formula is C20H16N4O3. The number of hydrogen-bond donors (Lipinski definition) is 1. The Bertz CT molecular complexity index is 1130. The second-order valence-corrected chi connectivity index (χ2v) is 5.97. The third kappa shape index (κ3) is 3.62. The molecule has 0 saturated carbocycles. The first-order chi connectivity index (χ1) is 13.2. The van der Waals surface area contributed by atoms with Gasteiger partial charge in [0.1, 0.15) is 12.1 Å². The second kappa shape index (κ2) is 7.25. The topological polar surface area (TPSA) is 86.1 Å². The molecule has 0 saturated heterocycles. The molecule has 0 bridgehead atoms. The van der Waals surface area contributed by atoms with Crippen LogP contribution < -0.4 is 5.32 Å². The highest BCUT2D eigenvalue weighted by Crippen LogP contribution is 2.22. The Balaban J connectivity index is 1.37. The van der Waals surface area contributed by atoms with E-state index in [2.05, 4.69) is 15.6 Å². The normalized spacial score (nSPS) is 10.8. The fraction of sp³-hybridized carbons (Fsp3) is 0.100. The van der Waals surface area contributed by atoms with E-state index in [4.69, 9.17) is 4.74 Å². The Hall–Kier alpha value is -3.74. The molecule has 1 amide bonds. The minimum atomic E-state index is -0.557. The number of benzene rings is 3. The van der Waals surface area contributed by atoms with E-state index in [0.29, 0.717) is 11.2 Å². The van der Waals surface area contributed by atoms with Crippen LogP contribution in [0.3, 0.4) is 0 Å². The number of anilines is 1. The Labute approximate surface area is 154 Å². The summed E-state index contributed by atoms with van der Waals surface area (Å²) in [6, 6.07) is 20.7. The van der Waals surface area contributed by atoms with Crippen LogP contribution >= 0.6 is 0 Å². The maximum atomic E-state index is 12.2. The molecule has 0 aliphatic carbocycles. The highest BCUT2D eigenvalue weighted by molar-refractivity contribution is 6.02. The van der Waals surface area contributed by atoms with Crippen LogP contribution in [0.25, 0.3) is 21.8 Å². The molecule has 0 unspecified atom stereocenters. The number of para-hydroxylation sites is 1. The largest absolute Gasteiger partial charge is 0.454 e. The lowest BCUT2D eigenvalue weighted by atomic mass is 10.1. The number of rotatable bonds is 5. The maximum Gasteiger partial charge on any atom is 0.328 e. The first-order valence-electron chi connectivity index (χ1n) is 8.42. The van der Waals surface area contributed by atoms with Gasteiger partial charge in [-0.3, -0.25) is 9.59 Å². The van der Waals surface area contributed by atoms with Crippen molar-refractivity contribution in [1.82, 2.24) is 15.0 Å². The zero-order valence-corrected chi connectivity index (χ0v) is 14.3. The van der Waals surface area contributed by atoms with E-state index in [9.17, 15) is 9.59 Å². The number of aromatic nitrogens is 3. The fourth-order valence-corrected chi connectivity index (χ4v) is 2.87. The van der Waals surface area contributed by atoms with Crippen molar-refractivity contribution in [3.05, 3.63) is 66.7 Å². The smallest absolute Gasteiger partial charge is 0.328 e. The van der Waals surface area contributed by atoms with Crippen molar-refractivity contribution in [3.8, 4) is 0 Å². The van der Waals surface area contributed by atoms with Gasteiger partial charge in [-0.15, -0.1) is 5.10 Å². The summed E-state index contributed by atoms with van der Waals surface area (Å²) in [5.74, 6) is -0.957. The number of nitrogens with one attached hydrogen (secondary N) is 1. The SMILES string of the molecule is O=C(COC(=O)Cn1nnc2ccccc21)Nc1cccc2ccccc12. The lowest BCUT2D eigenvalue weighted by Gasteiger charge is -2.09. The molecule has 4 rings (SSSR count). The number of carbonyl (C=O) groups is 2. The van der Waals surface area contributed by atoms with E-state index < -0.39 is 11.9 Å². The minimum absolute atomic E-state index is 0.109. The number of nitrogens with zero attached hydrogens (tertiary/aromatic N) is 3. The summed E-state index contributed by atoms with van der Waals surface area (Å²) in [7, 11) is 0. The van der Waals surface area contributed by atoms with Gasteiger partial charge in [-0.05, 0) is 23.6 Å². The molecule has 7 nitrogen and oxygen atoms in total. The first kappa shape index (κ1) is 16.7. The second-order valence-electron chi connectivity index (χ2n) is 5.97. The molecule has 1 aromatic heterocycles. The first-order valence-corrected chi connectivity index (χ1v) is 8.42. The van der Waals surface area contributed by atoms with Crippen molar-refractivity contribution in [2.24, 2.45) is 0 Å². The molecule has 1 N–H and O–H groups in total. The van der Waals surface area contributed by atoms with Crippen LogP contribution in [-0.4, -0.2) is 33.5 Å². The van der Waals surface area contributed by atoms with Gasteiger partial charge >= 0.3 is 5.97 Å². The van der Waals surface area contributed by atoms with Gasteiger partial charge in [0.05, 0.1) is 5.52 Å². The van der Waals surface area contributed by atoms with Gasteiger partial charge in [-0.1, -0.05) is 53.7 Å². The third-order valence-corrected chi connectivity index (χ3v) is 4.13. The standard InChI is InChI=1S/C20H16N4O3/c25-19(21-16-10-5-7-14-6-1-2-8-15(14)16)13-27-20(26)12-24-18-11-4-3-9-17(18)22-23-24/h1-11H,12-13H2,(H,21,25). The molecular weight excluding hydrogens is 344 g/mol. The van der Waals surface area contributed by atoms with E-state index in [1.165, 1.54) is 4.68 Å². The Kier molecular flexibility index (Phi) is 4.49. The van der Waals surface area contributed by atoms with E-state index in [1.54, 1.807) is 0 Å². The zero-order valence-electron chi connectivity index (χ0n) is 14.3. The van der Waals surface area contributed by atoms with Crippen molar-refractivity contribution in [2.75, 3.05) is 11.9 Å². The van der Waals surface area contributed by atoms with E-state index in [1.807, 2.05) is 66.7 Å². The lowest BCUT2D eigenvalue weighted by molar-refractivity contribution is -0.148. The molecule has 0 radical (unpaired) electrons. The van der Waals surface area contributed by atoms with Crippen LogP contribution in [0.2, 0.25) is 0 Å². The predicted molar refractivity (Wildman–Crippen MR) is 101 cm³/mol. The summed E-state index contributed by atoms with van der Waals surface area (Å²) in [5, 5.41) is 12.6. The molecule has 0 spiro atoms. The van der Waals surface area contributed by atoms with Crippen molar-refractivity contribution < 1.29 is 14.3 Å². The van der Waals surface area contributed by atoms with Crippen LogP contribution in [0, 0.1) is 0 Å². The molecule has 0 atom stereocenters. The fourth-order valence-electron chi connectivity index (χ4n) is 2.87. The molecule has 7 heteroatoms. The summed E-state index contributed by atoms with van der Waals surface area (Å²) < 4.78 is 6.52. The van der Waals surface area contributed by atoms with Crippen LogP contribution in [-0.2, 0) is 20.9 Å². The maximum absolute atomic E-state index is 12.2. The molecule has 4 aromatic rings. The van der Waals surface area contributed by atoms with Crippen molar-refractivity contribution in [1.29, 1.82) is 0 Å². The van der Waals surface area contributed by atoms with Crippen molar-refractivity contribution >= 4 is 39.4 Å². The lowest BCUT2D eigenvalue weighted by Crippen LogP contribution is -2.23. The van der Waals surface area contributed by atoms with E-state index >= 15 is 0 Å². The van der Waals surface area contributed by atoms with E-state index in [0.717, 1.165) is 16.3 Å². The van der Waals surface area contributed by atoms with Crippen LogP contribution in [0.4, 0.5) is 5.69 Å². The summed E-state index contributed by atoms with van der Waals surface area (Å²) in [6.45, 7) is -0.475. The summed E-state index contributed by atoms with van der Waals surface area (Å²) in [6.07, 6.45) is 0. The van der Waals surface area contributed by atoms with Gasteiger partial charge < -0.3 is 10.1 Å². The van der Waals surface area contributed by atoms with Gasteiger partial charge in [0.15, 0.2) is 6.61 Å². The molecule has 0 aliphatic heterocycles. The Morgan fingerprint density at radius 1 is 0.963 bits per heavy atom. The number of amides is 1. The minimum Gasteiger partial charge on any atom is -0.454 e. The highest BCUT2D eigenvalue weighted by atomic mass is 16.5. The molecule has 0 aliphatic rings.